The fourth-order valence-electron chi connectivity index (χ4n) is 0.647. The zero-order valence-electron chi connectivity index (χ0n) is 6.32. The molecule has 0 atom stereocenters. The molecule has 3 nitrogen and oxygen atoms in total. The summed E-state index contributed by atoms with van der Waals surface area (Å²) in [6.07, 6.45) is 0. The van der Waals surface area contributed by atoms with Crippen molar-refractivity contribution >= 4 is 21.7 Å². The summed E-state index contributed by atoms with van der Waals surface area (Å²) in [5, 5.41) is -0.0394. The van der Waals surface area contributed by atoms with Crippen LogP contribution in [0.25, 0.3) is 0 Å². The molecule has 0 heterocycles. The Morgan fingerprint density at radius 2 is 1.75 bits per heavy atom. The van der Waals surface area contributed by atoms with Gasteiger partial charge in [0.05, 0.1) is 9.92 Å². The van der Waals surface area contributed by atoms with Gasteiger partial charge < -0.3 is 4.55 Å². The van der Waals surface area contributed by atoms with Crippen molar-refractivity contribution in [3.8, 4) is 0 Å². The fraction of sp³-hybridized carbons (Fsp3) is 0. The average molecular weight is 277 g/mol. The molecule has 1 aromatic carbocycles. The molecular weight excluding hydrogens is 273 g/mol. The summed E-state index contributed by atoms with van der Waals surface area (Å²) in [4.78, 5) is -0.373. The molecule has 0 aliphatic heterocycles. The van der Waals surface area contributed by atoms with E-state index in [1.165, 1.54) is 18.2 Å². The van der Waals surface area contributed by atoms with E-state index in [0.717, 1.165) is 0 Å². The van der Waals surface area contributed by atoms with Gasteiger partial charge in [-0.1, -0.05) is 23.7 Å². The van der Waals surface area contributed by atoms with Crippen molar-refractivity contribution in [2.45, 2.75) is 4.90 Å². The van der Waals surface area contributed by atoms with Gasteiger partial charge in [0.2, 0.25) is 0 Å². The third-order valence-electron chi connectivity index (χ3n) is 1.11. The Morgan fingerprint density at radius 3 is 2.08 bits per heavy atom. The molecule has 0 bridgehead atoms. The summed E-state index contributed by atoms with van der Waals surface area (Å²) in [6.45, 7) is 0. The monoisotopic (exact) mass is 276 g/mol. The first kappa shape index (κ1) is 13.2. The van der Waals surface area contributed by atoms with E-state index in [-0.39, 0.29) is 68.1 Å². The zero-order chi connectivity index (χ0) is 8.48. The predicted octanol–water partition coefficient (Wildman–Crippen LogP) is -1.75. The molecule has 60 valence electrons. The average Bonchev–Trinajstić information content (AvgIpc) is 1.86. The third kappa shape index (κ3) is 3.53. The van der Waals surface area contributed by atoms with E-state index in [9.17, 15) is 13.0 Å². The van der Waals surface area contributed by atoms with Crippen LogP contribution in [-0.4, -0.2) is 13.0 Å². The quantitative estimate of drug-likeness (QED) is 0.572. The fourth-order valence-corrected chi connectivity index (χ4v) is 1.62. The summed E-state index contributed by atoms with van der Waals surface area (Å²) in [7, 11) is -4.42. The minimum absolute atomic E-state index is 0. The van der Waals surface area contributed by atoms with Crippen LogP contribution in [0, 0.1) is 0 Å². The van der Waals surface area contributed by atoms with E-state index >= 15 is 0 Å². The number of benzene rings is 1. The number of halogens is 1. The molecule has 1 aromatic rings. The second kappa shape index (κ2) is 5.19. The first-order valence-electron chi connectivity index (χ1n) is 2.72. The van der Waals surface area contributed by atoms with Gasteiger partial charge in [-0.25, -0.2) is 8.42 Å². The summed E-state index contributed by atoms with van der Waals surface area (Å²) >= 11 is 5.43. The van der Waals surface area contributed by atoms with Crippen molar-refractivity contribution in [2.75, 3.05) is 0 Å². The predicted molar refractivity (Wildman–Crippen MR) is 39.4 cm³/mol. The molecule has 0 spiro atoms. The van der Waals surface area contributed by atoms with Crippen molar-refractivity contribution in [2.24, 2.45) is 0 Å². The Morgan fingerprint density at radius 1 is 1.25 bits per heavy atom. The number of hydrogen-bond acceptors (Lipinski definition) is 3. The van der Waals surface area contributed by atoms with Crippen LogP contribution in [0.1, 0.15) is 0 Å². The molecule has 6 heteroatoms. The van der Waals surface area contributed by atoms with Crippen LogP contribution < -0.4 is 58.2 Å². The molecule has 0 fully saturated rings. The molecule has 0 saturated heterocycles. The molecule has 0 aliphatic carbocycles. The molecule has 0 aromatic heterocycles. The van der Waals surface area contributed by atoms with Crippen molar-refractivity contribution in [3.63, 3.8) is 0 Å². The van der Waals surface area contributed by atoms with Gasteiger partial charge in [-0.15, -0.1) is 0 Å². The van der Waals surface area contributed by atoms with Crippen LogP contribution in [-0.2, 0) is 10.1 Å². The number of hydrogen-bond donors (Lipinski definition) is 0. The molecule has 0 aliphatic rings. The van der Waals surface area contributed by atoms with Gasteiger partial charge in [-0.05, 0) is 12.1 Å². The van der Waals surface area contributed by atoms with Crippen molar-refractivity contribution in [1.82, 2.24) is 0 Å². The summed E-state index contributed by atoms with van der Waals surface area (Å²) in [6, 6.07) is 5.52. The van der Waals surface area contributed by atoms with E-state index in [1.54, 1.807) is 6.07 Å². The Hall–Kier alpha value is 1.23. The maximum atomic E-state index is 10.4. The molecule has 12 heavy (non-hydrogen) atoms. The maximum Gasteiger partial charge on any atom is 1.00 e. The van der Waals surface area contributed by atoms with E-state index in [4.69, 9.17) is 11.6 Å². The van der Waals surface area contributed by atoms with E-state index in [2.05, 4.69) is 0 Å². The van der Waals surface area contributed by atoms with Crippen molar-refractivity contribution < 1.29 is 71.2 Å². The third-order valence-corrected chi connectivity index (χ3v) is 2.44. The van der Waals surface area contributed by atoms with Crippen LogP contribution >= 0.6 is 11.6 Å². The van der Waals surface area contributed by atoms with Crippen molar-refractivity contribution in [3.05, 3.63) is 29.3 Å². The second-order valence-corrected chi connectivity index (χ2v) is 3.64. The van der Waals surface area contributed by atoms with Gasteiger partial charge in [0.1, 0.15) is 10.1 Å². The molecule has 0 radical (unpaired) electrons. The first-order valence-corrected chi connectivity index (χ1v) is 4.51. The Labute approximate surface area is 125 Å². The van der Waals surface area contributed by atoms with Crippen LogP contribution in [0.3, 0.4) is 0 Å². The molecule has 0 unspecified atom stereocenters. The standard InChI is InChI=1S/C6H5ClO3S.Rb/c7-5-3-1-2-4-6(5)11(8,9)10;/h1-4H,(H,8,9,10);/q;+1/p-1. The number of rotatable bonds is 1. The second-order valence-electron chi connectivity index (χ2n) is 1.88. The molecule has 0 N–H and O–H groups in total. The maximum absolute atomic E-state index is 10.4. The van der Waals surface area contributed by atoms with Crippen LogP contribution in [0.4, 0.5) is 0 Å². The summed E-state index contributed by atoms with van der Waals surface area (Å²) in [5.74, 6) is 0. The van der Waals surface area contributed by atoms with Crippen LogP contribution in [0.15, 0.2) is 29.2 Å². The minimum Gasteiger partial charge on any atom is -0.744 e. The van der Waals surface area contributed by atoms with Crippen LogP contribution in [0.2, 0.25) is 5.02 Å². The van der Waals surface area contributed by atoms with E-state index in [1.807, 2.05) is 0 Å². The normalized spacial score (nSPS) is 10.5. The van der Waals surface area contributed by atoms with Gasteiger partial charge >= 0.3 is 58.2 Å². The Kier molecular flexibility index (Phi) is 5.72. The molecule has 1 rings (SSSR count). The largest absolute Gasteiger partial charge is 1.00 e. The summed E-state index contributed by atoms with van der Waals surface area (Å²) < 4.78 is 31.2. The zero-order valence-corrected chi connectivity index (χ0v) is 12.8. The Balaban J connectivity index is 0.00000121. The van der Waals surface area contributed by atoms with Gasteiger partial charge in [-0.2, -0.15) is 0 Å². The molecule has 0 saturated carbocycles. The summed E-state index contributed by atoms with van der Waals surface area (Å²) in [5.41, 5.74) is 0. The van der Waals surface area contributed by atoms with Crippen molar-refractivity contribution in [1.29, 1.82) is 0 Å². The smallest absolute Gasteiger partial charge is 0.744 e. The first-order chi connectivity index (χ1) is 5.02. The molecule has 0 amide bonds. The van der Waals surface area contributed by atoms with E-state index in [0.29, 0.717) is 0 Å². The van der Waals surface area contributed by atoms with Gasteiger partial charge in [0, 0.05) is 0 Å². The van der Waals surface area contributed by atoms with Gasteiger partial charge in [-0.3, -0.25) is 0 Å². The topological polar surface area (TPSA) is 57.2 Å². The van der Waals surface area contributed by atoms with Gasteiger partial charge in [0.25, 0.3) is 0 Å². The minimum atomic E-state index is -4.42. The molecular formula is C6H4ClO3RbS. The van der Waals surface area contributed by atoms with E-state index < -0.39 is 10.1 Å². The van der Waals surface area contributed by atoms with Gasteiger partial charge in [0.15, 0.2) is 0 Å². The Bertz CT molecular complexity index is 363. The van der Waals surface area contributed by atoms with Crippen LogP contribution in [0.5, 0.6) is 0 Å². The SMILES string of the molecule is O=S(=O)([O-])c1ccccc1Cl.[Rb+].